The van der Waals surface area contributed by atoms with Crippen molar-refractivity contribution in [2.75, 3.05) is 11.9 Å². The minimum atomic E-state index is -0.711. The fourth-order valence-electron chi connectivity index (χ4n) is 3.33. The number of hydrogen-bond donors (Lipinski definition) is 3. The molecule has 0 unspecified atom stereocenters. The highest BCUT2D eigenvalue weighted by Gasteiger charge is 2.22. The van der Waals surface area contributed by atoms with E-state index in [-0.39, 0.29) is 5.69 Å². The molecule has 3 rings (SSSR count). The quantitative estimate of drug-likeness (QED) is 0.555. The number of amides is 1. The zero-order valence-corrected chi connectivity index (χ0v) is 16.8. The first kappa shape index (κ1) is 20.3. The molecule has 29 heavy (non-hydrogen) atoms. The molecule has 0 aliphatic rings. The summed E-state index contributed by atoms with van der Waals surface area (Å²) in [5.41, 5.74) is 3.73. The van der Waals surface area contributed by atoms with Gasteiger partial charge in [-0.1, -0.05) is 18.2 Å². The highest BCUT2D eigenvalue weighted by molar-refractivity contribution is 5.95. The first-order valence-electron chi connectivity index (χ1n) is 9.24. The Morgan fingerprint density at radius 1 is 1.24 bits per heavy atom. The van der Waals surface area contributed by atoms with E-state index in [0.717, 1.165) is 11.4 Å². The summed E-state index contributed by atoms with van der Waals surface area (Å²) in [7, 11) is 0. The molecule has 2 aromatic heterocycles. The number of para-hydroxylation sites is 1. The van der Waals surface area contributed by atoms with Crippen molar-refractivity contribution in [1.29, 1.82) is 0 Å². The Morgan fingerprint density at radius 2 is 1.93 bits per heavy atom. The third kappa shape index (κ3) is 4.38. The first-order valence-corrected chi connectivity index (χ1v) is 9.24. The molecule has 0 spiro atoms. The van der Waals surface area contributed by atoms with Crippen molar-refractivity contribution >= 4 is 17.7 Å². The van der Waals surface area contributed by atoms with Gasteiger partial charge in [0.2, 0.25) is 0 Å². The molecule has 0 aliphatic carbocycles. The lowest BCUT2D eigenvalue weighted by Gasteiger charge is -2.09. The molecular weight excluding hydrogens is 372 g/mol. The van der Waals surface area contributed by atoms with E-state index in [4.69, 9.17) is 4.74 Å². The van der Waals surface area contributed by atoms with E-state index in [0.29, 0.717) is 22.6 Å². The number of H-pyrrole nitrogens is 1. The van der Waals surface area contributed by atoms with Gasteiger partial charge in [0.15, 0.2) is 6.61 Å². The van der Waals surface area contributed by atoms with Crippen LogP contribution < -0.4 is 5.32 Å². The molecule has 152 valence electrons. The van der Waals surface area contributed by atoms with Crippen LogP contribution in [0.25, 0.3) is 5.69 Å². The number of hydrogen-bond acceptors (Lipinski definition) is 5. The molecule has 0 saturated carbocycles. The summed E-state index contributed by atoms with van der Waals surface area (Å²) in [4.78, 5) is 27.6. The standard InChI is InChI=1S/C21H24N4O4/c1-12-10-17(25(24-12)16-8-6-5-7-9-16)23-18(27)11-29-21(28)20-13(2)19(15(4)26)14(3)22-20/h5-10,15,22,26H,11H2,1-4H3,(H,23,27)/t15-/m1/s1. The van der Waals surface area contributed by atoms with Crippen molar-refractivity contribution in [3.8, 4) is 5.69 Å². The second-order valence-corrected chi connectivity index (χ2v) is 6.88. The van der Waals surface area contributed by atoms with Gasteiger partial charge in [0.05, 0.1) is 17.5 Å². The predicted molar refractivity (Wildman–Crippen MR) is 108 cm³/mol. The highest BCUT2D eigenvalue weighted by atomic mass is 16.5. The van der Waals surface area contributed by atoms with Crippen molar-refractivity contribution < 1.29 is 19.4 Å². The van der Waals surface area contributed by atoms with Gasteiger partial charge >= 0.3 is 5.97 Å². The van der Waals surface area contributed by atoms with E-state index in [1.54, 1.807) is 31.5 Å². The molecule has 3 aromatic rings. The van der Waals surface area contributed by atoms with Gasteiger partial charge in [-0.05, 0) is 45.4 Å². The third-order valence-electron chi connectivity index (χ3n) is 4.55. The van der Waals surface area contributed by atoms with E-state index in [2.05, 4.69) is 15.4 Å². The van der Waals surface area contributed by atoms with E-state index < -0.39 is 24.6 Å². The lowest BCUT2D eigenvalue weighted by Crippen LogP contribution is -2.22. The van der Waals surface area contributed by atoms with Gasteiger partial charge in [0.1, 0.15) is 11.5 Å². The van der Waals surface area contributed by atoms with Crippen LogP contribution in [0.15, 0.2) is 36.4 Å². The van der Waals surface area contributed by atoms with Crippen molar-refractivity contribution in [3.63, 3.8) is 0 Å². The van der Waals surface area contributed by atoms with Crippen molar-refractivity contribution in [2.24, 2.45) is 0 Å². The Balaban J connectivity index is 1.67. The monoisotopic (exact) mass is 396 g/mol. The molecule has 0 radical (unpaired) electrons. The average Bonchev–Trinajstić information content (AvgIpc) is 3.19. The Labute approximate surface area is 168 Å². The highest BCUT2D eigenvalue weighted by Crippen LogP contribution is 2.25. The molecule has 2 heterocycles. The lowest BCUT2D eigenvalue weighted by molar-refractivity contribution is -0.119. The van der Waals surface area contributed by atoms with Gasteiger partial charge in [-0.15, -0.1) is 0 Å². The second-order valence-electron chi connectivity index (χ2n) is 6.88. The van der Waals surface area contributed by atoms with Crippen LogP contribution in [-0.2, 0) is 9.53 Å². The summed E-state index contributed by atoms with van der Waals surface area (Å²) in [6.07, 6.45) is -0.711. The molecule has 0 aliphatic heterocycles. The smallest absolute Gasteiger partial charge is 0.355 e. The van der Waals surface area contributed by atoms with Crippen LogP contribution in [0, 0.1) is 20.8 Å². The van der Waals surface area contributed by atoms with Crippen molar-refractivity contribution in [3.05, 3.63) is 64.6 Å². The van der Waals surface area contributed by atoms with Crippen LogP contribution in [-0.4, -0.2) is 38.4 Å². The molecule has 8 heteroatoms. The zero-order chi connectivity index (χ0) is 21.1. The maximum atomic E-state index is 12.4. The molecule has 1 aromatic carbocycles. The van der Waals surface area contributed by atoms with Crippen LogP contribution in [0.1, 0.15) is 46.0 Å². The van der Waals surface area contributed by atoms with Crippen LogP contribution in [0.4, 0.5) is 5.82 Å². The number of nitrogens with zero attached hydrogens (tertiary/aromatic N) is 2. The molecule has 0 saturated heterocycles. The van der Waals surface area contributed by atoms with Crippen molar-refractivity contribution in [1.82, 2.24) is 14.8 Å². The van der Waals surface area contributed by atoms with E-state index in [1.807, 2.05) is 37.3 Å². The second kappa shape index (κ2) is 8.32. The van der Waals surface area contributed by atoms with Gasteiger partial charge in [0.25, 0.3) is 5.91 Å². The van der Waals surface area contributed by atoms with Gasteiger partial charge < -0.3 is 20.1 Å². The molecular formula is C21H24N4O4. The SMILES string of the molecule is Cc1cc(NC(=O)COC(=O)c2[nH]c(C)c([C@@H](C)O)c2C)n(-c2ccccc2)n1. The average molecular weight is 396 g/mol. The maximum absolute atomic E-state index is 12.4. The van der Waals surface area contributed by atoms with E-state index >= 15 is 0 Å². The first-order chi connectivity index (χ1) is 13.8. The molecule has 3 N–H and O–H groups in total. The number of benzene rings is 1. The summed E-state index contributed by atoms with van der Waals surface area (Å²) in [5, 5.41) is 16.9. The molecule has 8 nitrogen and oxygen atoms in total. The Morgan fingerprint density at radius 3 is 2.55 bits per heavy atom. The number of ether oxygens (including phenoxy) is 1. The Bertz CT molecular complexity index is 1030. The molecule has 1 atom stereocenters. The number of anilines is 1. The van der Waals surface area contributed by atoms with Crippen LogP contribution >= 0.6 is 0 Å². The van der Waals surface area contributed by atoms with E-state index in [9.17, 15) is 14.7 Å². The topological polar surface area (TPSA) is 109 Å². The number of aryl methyl sites for hydroxylation is 2. The number of aliphatic hydroxyl groups excluding tert-OH is 1. The summed E-state index contributed by atoms with van der Waals surface area (Å²) in [5.74, 6) is -0.648. The fourth-order valence-corrected chi connectivity index (χ4v) is 3.33. The number of rotatable bonds is 6. The number of aliphatic hydroxyl groups is 1. The summed E-state index contributed by atoms with van der Waals surface area (Å²) >= 11 is 0. The van der Waals surface area contributed by atoms with Gasteiger partial charge in [0, 0.05) is 17.3 Å². The number of nitrogens with one attached hydrogen (secondary N) is 2. The number of esters is 1. The lowest BCUT2D eigenvalue weighted by atomic mass is 10.1. The molecule has 1 amide bonds. The number of carbonyl (C=O) groups is 2. The van der Waals surface area contributed by atoms with Gasteiger partial charge in [-0.25, -0.2) is 9.48 Å². The van der Waals surface area contributed by atoms with Crippen molar-refractivity contribution in [2.45, 2.75) is 33.8 Å². The normalized spacial score (nSPS) is 11.9. The van der Waals surface area contributed by atoms with Gasteiger partial charge in [-0.3, -0.25) is 4.79 Å². The summed E-state index contributed by atoms with van der Waals surface area (Å²) < 4.78 is 6.76. The van der Waals surface area contributed by atoms with E-state index in [1.165, 1.54) is 0 Å². The minimum Gasteiger partial charge on any atom is -0.451 e. The van der Waals surface area contributed by atoms with Crippen LogP contribution in [0.3, 0.4) is 0 Å². The summed E-state index contributed by atoms with van der Waals surface area (Å²) in [6.45, 7) is 6.50. The zero-order valence-electron chi connectivity index (χ0n) is 16.8. The Kier molecular flexibility index (Phi) is 5.84. The number of aromatic nitrogens is 3. The number of carbonyl (C=O) groups excluding carboxylic acids is 2. The fraction of sp³-hybridized carbons (Fsp3) is 0.286. The molecule has 0 fully saturated rings. The van der Waals surface area contributed by atoms with Crippen LogP contribution in [0.5, 0.6) is 0 Å². The third-order valence-corrected chi connectivity index (χ3v) is 4.55. The minimum absolute atomic E-state index is 0.233. The Hall–Kier alpha value is -3.39. The maximum Gasteiger partial charge on any atom is 0.355 e. The molecule has 0 bridgehead atoms. The van der Waals surface area contributed by atoms with Gasteiger partial charge in [-0.2, -0.15) is 5.10 Å². The summed E-state index contributed by atoms with van der Waals surface area (Å²) in [6, 6.07) is 11.1. The largest absolute Gasteiger partial charge is 0.451 e. The predicted octanol–water partition coefficient (Wildman–Crippen LogP) is 2.97. The number of aromatic amines is 1. The van der Waals surface area contributed by atoms with Crippen LogP contribution in [0.2, 0.25) is 0 Å².